The molecular weight excluding hydrogens is 204 g/mol. The van der Waals surface area contributed by atoms with Crippen LogP contribution in [0.5, 0.6) is 0 Å². The fraction of sp³-hybridized carbons (Fsp3) is 0.333. The van der Waals surface area contributed by atoms with E-state index in [9.17, 15) is 9.59 Å². The van der Waals surface area contributed by atoms with Crippen molar-refractivity contribution in [2.24, 2.45) is 0 Å². The van der Waals surface area contributed by atoms with Gasteiger partial charge in [-0.1, -0.05) is 31.2 Å². The first kappa shape index (κ1) is 12.2. The highest BCUT2D eigenvalue weighted by atomic mass is 16.2. The first-order valence-corrected chi connectivity index (χ1v) is 5.25. The van der Waals surface area contributed by atoms with Gasteiger partial charge in [0.15, 0.2) is 0 Å². The number of rotatable bonds is 3. The number of aryl methyl sites for hydroxylation is 1. The van der Waals surface area contributed by atoms with Gasteiger partial charge in [-0.2, -0.15) is 0 Å². The van der Waals surface area contributed by atoms with E-state index in [2.05, 4.69) is 17.6 Å². The number of carbonyl (C=O) groups excluding carboxylic acids is 2. The molecule has 0 fully saturated rings. The standard InChI is InChI=1S/C12H16N2O2/c1-3-9-4-6-10(7-5-9)8-14-12(16)11(15)13-2/h4-7H,3,8H2,1-2H3,(H,13,15)(H,14,16). The van der Waals surface area contributed by atoms with Gasteiger partial charge < -0.3 is 10.6 Å². The Bertz CT molecular complexity index is 371. The lowest BCUT2D eigenvalue weighted by Gasteiger charge is -2.04. The fourth-order valence-electron chi connectivity index (χ4n) is 1.27. The zero-order valence-corrected chi connectivity index (χ0v) is 9.54. The van der Waals surface area contributed by atoms with Crippen molar-refractivity contribution in [3.05, 3.63) is 35.4 Å². The van der Waals surface area contributed by atoms with Crippen LogP contribution in [0.2, 0.25) is 0 Å². The van der Waals surface area contributed by atoms with Crippen molar-refractivity contribution in [1.29, 1.82) is 0 Å². The molecule has 0 aromatic heterocycles. The van der Waals surface area contributed by atoms with E-state index in [1.807, 2.05) is 24.3 Å². The molecule has 86 valence electrons. The Balaban J connectivity index is 2.48. The van der Waals surface area contributed by atoms with Crippen LogP contribution in [-0.2, 0) is 22.6 Å². The van der Waals surface area contributed by atoms with Crippen LogP contribution in [-0.4, -0.2) is 18.9 Å². The number of benzene rings is 1. The lowest BCUT2D eigenvalue weighted by atomic mass is 10.1. The second-order valence-corrected chi connectivity index (χ2v) is 3.43. The Hall–Kier alpha value is -1.84. The molecule has 0 radical (unpaired) electrons. The highest BCUT2D eigenvalue weighted by molar-refractivity contribution is 6.34. The second-order valence-electron chi connectivity index (χ2n) is 3.43. The van der Waals surface area contributed by atoms with Crippen molar-refractivity contribution < 1.29 is 9.59 Å². The van der Waals surface area contributed by atoms with Crippen LogP contribution in [0.1, 0.15) is 18.1 Å². The number of nitrogens with one attached hydrogen (secondary N) is 2. The highest BCUT2D eigenvalue weighted by Crippen LogP contribution is 2.04. The Labute approximate surface area is 95.0 Å². The zero-order chi connectivity index (χ0) is 12.0. The number of hydrogen-bond donors (Lipinski definition) is 2. The third kappa shape index (κ3) is 3.38. The Kier molecular flexibility index (Phi) is 4.51. The Morgan fingerprint density at radius 1 is 1.06 bits per heavy atom. The third-order valence-corrected chi connectivity index (χ3v) is 2.32. The molecule has 1 aromatic carbocycles. The maximum atomic E-state index is 11.1. The van der Waals surface area contributed by atoms with Gasteiger partial charge >= 0.3 is 11.8 Å². The van der Waals surface area contributed by atoms with Crippen molar-refractivity contribution in [3.63, 3.8) is 0 Å². The van der Waals surface area contributed by atoms with E-state index in [1.54, 1.807) is 0 Å². The van der Waals surface area contributed by atoms with Crippen molar-refractivity contribution >= 4 is 11.8 Å². The van der Waals surface area contributed by atoms with E-state index in [4.69, 9.17) is 0 Å². The minimum absolute atomic E-state index is 0.371. The first-order valence-electron chi connectivity index (χ1n) is 5.25. The van der Waals surface area contributed by atoms with Gasteiger partial charge in [0.1, 0.15) is 0 Å². The van der Waals surface area contributed by atoms with E-state index >= 15 is 0 Å². The quantitative estimate of drug-likeness (QED) is 0.733. The van der Waals surface area contributed by atoms with Gasteiger partial charge in [0, 0.05) is 13.6 Å². The molecule has 0 saturated carbocycles. The van der Waals surface area contributed by atoms with Gasteiger partial charge in [-0.25, -0.2) is 0 Å². The summed E-state index contributed by atoms with van der Waals surface area (Å²) < 4.78 is 0. The molecular formula is C12H16N2O2. The minimum Gasteiger partial charge on any atom is -0.351 e. The molecule has 0 unspecified atom stereocenters. The van der Waals surface area contributed by atoms with Gasteiger partial charge in [-0.05, 0) is 17.5 Å². The molecule has 0 aliphatic rings. The Morgan fingerprint density at radius 2 is 1.62 bits per heavy atom. The lowest BCUT2D eigenvalue weighted by Crippen LogP contribution is -2.37. The van der Waals surface area contributed by atoms with E-state index in [-0.39, 0.29) is 0 Å². The number of hydrogen-bond acceptors (Lipinski definition) is 2. The van der Waals surface area contributed by atoms with Crippen LogP contribution in [0.4, 0.5) is 0 Å². The molecule has 1 rings (SSSR count). The second kappa shape index (κ2) is 5.90. The average molecular weight is 220 g/mol. The first-order chi connectivity index (χ1) is 7.67. The SMILES string of the molecule is CCc1ccc(CNC(=O)C(=O)NC)cc1. The summed E-state index contributed by atoms with van der Waals surface area (Å²) in [6.07, 6.45) is 0.991. The summed E-state index contributed by atoms with van der Waals surface area (Å²) in [5, 5.41) is 4.80. The highest BCUT2D eigenvalue weighted by Gasteiger charge is 2.09. The zero-order valence-electron chi connectivity index (χ0n) is 9.54. The molecule has 0 heterocycles. The normalized spacial score (nSPS) is 9.62. The van der Waals surface area contributed by atoms with Gasteiger partial charge in [-0.3, -0.25) is 9.59 Å². The van der Waals surface area contributed by atoms with Gasteiger partial charge in [0.05, 0.1) is 0 Å². The maximum absolute atomic E-state index is 11.1. The molecule has 2 N–H and O–H groups in total. The van der Waals surface area contributed by atoms with Crippen molar-refractivity contribution in [2.75, 3.05) is 7.05 Å². The molecule has 0 aliphatic carbocycles. The van der Waals surface area contributed by atoms with Crippen LogP contribution in [0.15, 0.2) is 24.3 Å². The number of carbonyl (C=O) groups is 2. The maximum Gasteiger partial charge on any atom is 0.309 e. The van der Waals surface area contributed by atoms with Crippen LogP contribution < -0.4 is 10.6 Å². The third-order valence-electron chi connectivity index (χ3n) is 2.32. The average Bonchev–Trinajstić information content (AvgIpc) is 2.35. The Morgan fingerprint density at radius 3 is 2.12 bits per heavy atom. The fourth-order valence-corrected chi connectivity index (χ4v) is 1.27. The molecule has 1 aromatic rings. The van der Waals surface area contributed by atoms with Crippen molar-refractivity contribution in [3.8, 4) is 0 Å². The monoisotopic (exact) mass is 220 g/mol. The van der Waals surface area contributed by atoms with E-state index in [0.717, 1.165) is 12.0 Å². The summed E-state index contributed by atoms with van der Waals surface area (Å²) >= 11 is 0. The summed E-state index contributed by atoms with van der Waals surface area (Å²) in [4.78, 5) is 22.1. The molecule has 0 spiro atoms. The molecule has 0 atom stereocenters. The number of likely N-dealkylation sites (N-methyl/N-ethyl adjacent to an activating group) is 1. The molecule has 4 heteroatoms. The summed E-state index contributed by atoms with van der Waals surface area (Å²) in [7, 11) is 1.43. The summed E-state index contributed by atoms with van der Waals surface area (Å²) in [6.45, 7) is 2.46. The molecule has 0 bridgehead atoms. The van der Waals surface area contributed by atoms with Crippen molar-refractivity contribution in [1.82, 2.24) is 10.6 Å². The summed E-state index contributed by atoms with van der Waals surface area (Å²) in [5.74, 6) is -1.23. The predicted molar refractivity (Wildman–Crippen MR) is 61.7 cm³/mol. The van der Waals surface area contributed by atoms with Gasteiger partial charge in [0.2, 0.25) is 0 Å². The minimum atomic E-state index is -0.620. The van der Waals surface area contributed by atoms with Crippen LogP contribution in [0, 0.1) is 0 Å². The van der Waals surface area contributed by atoms with E-state index in [1.165, 1.54) is 12.6 Å². The molecule has 2 amide bonds. The topological polar surface area (TPSA) is 58.2 Å². The smallest absolute Gasteiger partial charge is 0.309 e. The van der Waals surface area contributed by atoms with Crippen LogP contribution >= 0.6 is 0 Å². The van der Waals surface area contributed by atoms with Gasteiger partial charge in [0.25, 0.3) is 0 Å². The molecule has 16 heavy (non-hydrogen) atoms. The van der Waals surface area contributed by atoms with E-state index in [0.29, 0.717) is 6.54 Å². The molecule has 0 aliphatic heterocycles. The van der Waals surface area contributed by atoms with Crippen LogP contribution in [0.25, 0.3) is 0 Å². The molecule has 0 saturated heterocycles. The van der Waals surface area contributed by atoms with Gasteiger partial charge in [-0.15, -0.1) is 0 Å². The molecule has 4 nitrogen and oxygen atoms in total. The van der Waals surface area contributed by atoms with Crippen molar-refractivity contribution in [2.45, 2.75) is 19.9 Å². The largest absolute Gasteiger partial charge is 0.351 e. The predicted octanol–water partition coefficient (Wildman–Crippen LogP) is 0.611. The summed E-state index contributed by atoms with van der Waals surface area (Å²) in [5.41, 5.74) is 2.23. The van der Waals surface area contributed by atoms with E-state index < -0.39 is 11.8 Å². The van der Waals surface area contributed by atoms with Crippen LogP contribution in [0.3, 0.4) is 0 Å². The number of amides is 2. The lowest BCUT2D eigenvalue weighted by molar-refractivity contribution is -0.139. The summed E-state index contributed by atoms with van der Waals surface area (Å²) in [6, 6.07) is 7.93.